The molecule has 1 aliphatic heterocycles. The zero-order valence-corrected chi connectivity index (χ0v) is 11.3. The summed E-state index contributed by atoms with van der Waals surface area (Å²) in [6.45, 7) is 0.994. The second-order valence-corrected chi connectivity index (χ2v) is 5.90. The van der Waals surface area contributed by atoms with Gasteiger partial charge in [0.25, 0.3) is 0 Å². The number of anilines is 1. The summed E-state index contributed by atoms with van der Waals surface area (Å²) in [5.41, 5.74) is 6.47. The lowest BCUT2D eigenvalue weighted by Gasteiger charge is -2.21. The van der Waals surface area contributed by atoms with Crippen molar-refractivity contribution in [3.8, 4) is 0 Å². The molecule has 0 aromatic carbocycles. The summed E-state index contributed by atoms with van der Waals surface area (Å²) in [7, 11) is 0. The third-order valence-electron chi connectivity index (χ3n) is 2.96. The molecule has 0 aliphatic carbocycles. The van der Waals surface area contributed by atoms with Gasteiger partial charge >= 0.3 is 0 Å². The quantitative estimate of drug-likeness (QED) is 0.820. The van der Waals surface area contributed by atoms with Gasteiger partial charge in [0, 0.05) is 18.3 Å². The van der Waals surface area contributed by atoms with Gasteiger partial charge in [-0.2, -0.15) is 11.8 Å². The van der Waals surface area contributed by atoms with Crippen LogP contribution < -0.4 is 11.1 Å². The molecule has 0 bridgehead atoms. The number of thiocarbonyl (C=S) groups is 1. The first-order valence-corrected chi connectivity index (χ1v) is 7.39. The lowest BCUT2D eigenvalue weighted by molar-refractivity contribution is 0.515. The van der Waals surface area contributed by atoms with E-state index in [1.165, 1.54) is 24.3 Å². The molecule has 1 saturated heterocycles. The van der Waals surface area contributed by atoms with Crippen molar-refractivity contribution < 1.29 is 0 Å². The van der Waals surface area contributed by atoms with E-state index in [-0.39, 0.29) is 0 Å². The fraction of sp³-hybridized carbons (Fsp3) is 0.500. The minimum Gasteiger partial charge on any atom is -0.389 e. The highest BCUT2D eigenvalue weighted by Gasteiger charge is 2.13. The number of rotatable bonds is 4. The van der Waals surface area contributed by atoms with Crippen molar-refractivity contribution in [3.05, 3.63) is 23.9 Å². The maximum absolute atomic E-state index is 5.59. The van der Waals surface area contributed by atoms with Gasteiger partial charge in [-0.15, -0.1) is 0 Å². The summed E-state index contributed by atoms with van der Waals surface area (Å²) in [4.78, 5) is 4.70. The van der Waals surface area contributed by atoms with E-state index in [2.05, 4.69) is 10.3 Å². The summed E-state index contributed by atoms with van der Waals surface area (Å²) in [5, 5.41) is 3.37. The minimum absolute atomic E-state index is 0.421. The maximum atomic E-state index is 5.59. The Morgan fingerprint density at radius 2 is 2.29 bits per heavy atom. The van der Waals surface area contributed by atoms with Crippen molar-refractivity contribution in [2.24, 2.45) is 11.7 Å². The highest BCUT2D eigenvalue weighted by atomic mass is 32.2. The fourth-order valence-electron chi connectivity index (χ4n) is 1.88. The van der Waals surface area contributed by atoms with E-state index in [0.717, 1.165) is 23.8 Å². The van der Waals surface area contributed by atoms with Crippen LogP contribution in [0, 0.1) is 5.92 Å². The van der Waals surface area contributed by atoms with E-state index in [0.29, 0.717) is 4.99 Å². The molecule has 2 heterocycles. The van der Waals surface area contributed by atoms with Gasteiger partial charge in [-0.3, -0.25) is 0 Å². The van der Waals surface area contributed by atoms with E-state index < -0.39 is 0 Å². The van der Waals surface area contributed by atoms with Crippen LogP contribution in [0.25, 0.3) is 0 Å². The monoisotopic (exact) mass is 267 g/mol. The predicted molar refractivity (Wildman–Crippen MR) is 78.7 cm³/mol. The van der Waals surface area contributed by atoms with Crippen LogP contribution in [0.15, 0.2) is 18.3 Å². The summed E-state index contributed by atoms with van der Waals surface area (Å²) >= 11 is 7.00. The molecule has 1 aliphatic rings. The molecular formula is C12H17N3S2. The first-order valence-electron chi connectivity index (χ1n) is 5.83. The van der Waals surface area contributed by atoms with Crippen molar-refractivity contribution in [2.45, 2.75) is 12.8 Å². The van der Waals surface area contributed by atoms with Gasteiger partial charge in [-0.25, -0.2) is 4.98 Å². The molecule has 0 saturated carbocycles. The maximum Gasteiger partial charge on any atom is 0.126 e. The van der Waals surface area contributed by atoms with E-state index >= 15 is 0 Å². The summed E-state index contributed by atoms with van der Waals surface area (Å²) in [6, 6.07) is 3.75. The van der Waals surface area contributed by atoms with Gasteiger partial charge in [0.1, 0.15) is 10.8 Å². The molecule has 0 spiro atoms. The standard InChI is InChI=1S/C12H17N3S2/c13-12(16)10-1-4-14-11(7-10)15-8-9-2-5-17-6-3-9/h1,4,7,9H,2-3,5-6,8H2,(H2,13,16)(H,14,15). The number of hydrogen-bond acceptors (Lipinski definition) is 4. The van der Waals surface area contributed by atoms with Crippen LogP contribution >= 0.6 is 24.0 Å². The molecule has 2 rings (SSSR count). The molecule has 5 heteroatoms. The second-order valence-electron chi connectivity index (χ2n) is 4.23. The predicted octanol–water partition coefficient (Wildman–Crippen LogP) is 2.27. The molecule has 0 radical (unpaired) electrons. The number of aromatic nitrogens is 1. The van der Waals surface area contributed by atoms with Crippen molar-refractivity contribution in [1.29, 1.82) is 0 Å². The molecule has 17 heavy (non-hydrogen) atoms. The van der Waals surface area contributed by atoms with E-state index in [4.69, 9.17) is 18.0 Å². The van der Waals surface area contributed by atoms with Gasteiger partial charge in [-0.05, 0) is 42.4 Å². The molecule has 3 nitrogen and oxygen atoms in total. The summed E-state index contributed by atoms with van der Waals surface area (Å²) in [5.74, 6) is 4.21. The molecule has 0 unspecified atom stereocenters. The van der Waals surface area contributed by atoms with Crippen LogP contribution in [0.3, 0.4) is 0 Å². The Kier molecular flexibility index (Phi) is 4.62. The average molecular weight is 267 g/mol. The summed E-state index contributed by atoms with van der Waals surface area (Å²) < 4.78 is 0. The molecule has 1 aromatic rings. The van der Waals surface area contributed by atoms with E-state index in [9.17, 15) is 0 Å². The molecule has 92 valence electrons. The van der Waals surface area contributed by atoms with Gasteiger partial charge < -0.3 is 11.1 Å². The van der Waals surface area contributed by atoms with Crippen LogP contribution in [-0.4, -0.2) is 28.0 Å². The van der Waals surface area contributed by atoms with Crippen molar-refractivity contribution in [1.82, 2.24) is 4.98 Å². The van der Waals surface area contributed by atoms with Crippen LogP contribution in [0.4, 0.5) is 5.82 Å². The first-order chi connectivity index (χ1) is 8.25. The van der Waals surface area contributed by atoms with Gasteiger partial charge in [0.2, 0.25) is 0 Å². The van der Waals surface area contributed by atoms with Crippen LogP contribution in [-0.2, 0) is 0 Å². The Labute approximate surface area is 112 Å². The smallest absolute Gasteiger partial charge is 0.126 e. The van der Waals surface area contributed by atoms with Gasteiger partial charge in [-0.1, -0.05) is 12.2 Å². The molecule has 1 aromatic heterocycles. The lowest BCUT2D eigenvalue weighted by Crippen LogP contribution is -2.20. The van der Waals surface area contributed by atoms with Crippen molar-refractivity contribution >= 4 is 34.8 Å². The third kappa shape index (κ3) is 3.85. The largest absolute Gasteiger partial charge is 0.389 e. The molecule has 1 fully saturated rings. The molecule has 0 amide bonds. The van der Waals surface area contributed by atoms with E-state index in [1.54, 1.807) is 6.20 Å². The Morgan fingerprint density at radius 3 is 3.00 bits per heavy atom. The number of hydrogen-bond donors (Lipinski definition) is 2. The molecule has 3 N–H and O–H groups in total. The van der Waals surface area contributed by atoms with Crippen LogP contribution in [0.2, 0.25) is 0 Å². The second kappa shape index (κ2) is 6.21. The van der Waals surface area contributed by atoms with Crippen molar-refractivity contribution in [3.63, 3.8) is 0 Å². The van der Waals surface area contributed by atoms with Gasteiger partial charge in [0.15, 0.2) is 0 Å². The van der Waals surface area contributed by atoms with E-state index in [1.807, 2.05) is 23.9 Å². The highest BCUT2D eigenvalue weighted by Crippen LogP contribution is 2.22. The lowest BCUT2D eigenvalue weighted by atomic mass is 10.0. The SMILES string of the molecule is NC(=S)c1ccnc(NCC2CCSCC2)c1. The fourth-order valence-corrected chi connectivity index (χ4v) is 3.21. The van der Waals surface area contributed by atoms with Crippen LogP contribution in [0.5, 0.6) is 0 Å². The Balaban J connectivity index is 1.89. The topological polar surface area (TPSA) is 50.9 Å². The third-order valence-corrected chi connectivity index (χ3v) is 4.24. The minimum atomic E-state index is 0.421. The summed E-state index contributed by atoms with van der Waals surface area (Å²) in [6.07, 6.45) is 4.34. The van der Waals surface area contributed by atoms with Crippen molar-refractivity contribution in [2.75, 3.05) is 23.4 Å². The Morgan fingerprint density at radius 1 is 1.53 bits per heavy atom. The first kappa shape index (κ1) is 12.6. The Hall–Kier alpha value is -0.810. The van der Waals surface area contributed by atoms with Gasteiger partial charge in [0.05, 0.1) is 0 Å². The highest BCUT2D eigenvalue weighted by molar-refractivity contribution is 7.99. The molecule has 0 atom stereocenters. The Bertz CT molecular complexity index is 389. The number of nitrogens with zero attached hydrogens (tertiary/aromatic N) is 1. The van der Waals surface area contributed by atoms with Crippen LogP contribution in [0.1, 0.15) is 18.4 Å². The number of nitrogens with one attached hydrogen (secondary N) is 1. The number of pyridine rings is 1. The zero-order valence-electron chi connectivity index (χ0n) is 9.69. The average Bonchev–Trinajstić information content (AvgIpc) is 2.38. The number of thioether (sulfide) groups is 1. The number of nitrogens with two attached hydrogens (primary N) is 1. The zero-order chi connectivity index (χ0) is 12.1. The normalized spacial score (nSPS) is 16.7. The molecular weight excluding hydrogens is 250 g/mol.